The minimum Gasteiger partial charge on any atom is -0.482 e. The zero-order valence-corrected chi connectivity index (χ0v) is 18.5. The SMILES string of the molecule is Cc1ccc(CN(C)C(=O)C(Cc2cc(Br)ccc2OCC(=O)O)SC=O)cc1. The molecule has 0 aromatic heterocycles. The molecule has 1 N–H and O–H groups in total. The van der Waals surface area contributed by atoms with Crippen molar-refractivity contribution >= 4 is 45.2 Å². The smallest absolute Gasteiger partial charge is 0.341 e. The number of thioether (sulfide) groups is 1. The third kappa shape index (κ3) is 7.21. The van der Waals surface area contributed by atoms with Crippen LogP contribution in [0.3, 0.4) is 0 Å². The summed E-state index contributed by atoms with van der Waals surface area (Å²) in [5, 5.41) is 8.21. The fourth-order valence-corrected chi connectivity index (χ4v) is 3.85. The molecule has 0 fully saturated rings. The molecule has 0 saturated carbocycles. The summed E-state index contributed by atoms with van der Waals surface area (Å²) in [5.41, 5.74) is 3.44. The van der Waals surface area contributed by atoms with E-state index in [1.807, 2.05) is 31.2 Å². The van der Waals surface area contributed by atoms with Crippen molar-refractivity contribution in [1.82, 2.24) is 4.90 Å². The summed E-state index contributed by atoms with van der Waals surface area (Å²) in [4.78, 5) is 36.5. The molecule has 2 aromatic rings. The Labute approximate surface area is 182 Å². The Morgan fingerprint density at radius 1 is 1.24 bits per heavy atom. The summed E-state index contributed by atoms with van der Waals surface area (Å²) in [6, 6.07) is 13.0. The maximum Gasteiger partial charge on any atom is 0.341 e. The number of amides is 1. The molecule has 2 aromatic carbocycles. The maximum atomic E-state index is 13.0. The van der Waals surface area contributed by atoms with Crippen molar-refractivity contribution in [3.63, 3.8) is 0 Å². The molecule has 1 unspecified atom stereocenters. The molecular weight excluding hydrogens is 458 g/mol. The lowest BCUT2D eigenvalue weighted by molar-refractivity contribution is -0.139. The van der Waals surface area contributed by atoms with Crippen molar-refractivity contribution in [3.8, 4) is 5.75 Å². The van der Waals surface area contributed by atoms with E-state index in [9.17, 15) is 14.4 Å². The lowest BCUT2D eigenvalue weighted by atomic mass is 10.1. The highest BCUT2D eigenvalue weighted by atomic mass is 79.9. The van der Waals surface area contributed by atoms with Crippen LogP contribution in [0.1, 0.15) is 16.7 Å². The minimum atomic E-state index is -1.09. The first-order valence-electron chi connectivity index (χ1n) is 8.82. The van der Waals surface area contributed by atoms with Crippen LogP contribution in [0, 0.1) is 6.92 Å². The van der Waals surface area contributed by atoms with Crippen LogP contribution in [-0.2, 0) is 27.3 Å². The second-order valence-electron chi connectivity index (χ2n) is 6.54. The summed E-state index contributed by atoms with van der Waals surface area (Å²) in [7, 11) is 1.70. The molecule has 1 amide bonds. The number of aryl methyl sites for hydroxylation is 1. The van der Waals surface area contributed by atoms with Gasteiger partial charge in [0.05, 0.1) is 5.25 Å². The van der Waals surface area contributed by atoms with E-state index in [1.165, 1.54) is 0 Å². The first kappa shape index (κ1) is 23.0. The van der Waals surface area contributed by atoms with Crippen molar-refractivity contribution in [1.29, 1.82) is 0 Å². The quantitative estimate of drug-likeness (QED) is 0.522. The number of halogens is 1. The van der Waals surface area contributed by atoms with Crippen molar-refractivity contribution in [2.45, 2.75) is 25.1 Å². The van der Waals surface area contributed by atoms with Crippen LogP contribution in [0.5, 0.6) is 5.75 Å². The standard InChI is InChI=1S/C21H22BrNO5S/c1-14-3-5-15(6-4-14)11-23(2)21(27)19(29-13-24)10-16-9-17(22)7-8-18(16)28-12-20(25)26/h3-9,13,19H,10-12H2,1-2H3,(H,25,26). The molecule has 29 heavy (non-hydrogen) atoms. The van der Waals surface area contributed by atoms with E-state index >= 15 is 0 Å². The van der Waals surface area contributed by atoms with Gasteiger partial charge < -0.3 is 14.7 Å². The Bertz CT molecular complexity index is 872. The van der Waals surface area contributed by atoms with E-state index in [2.05, 4.69) is 15.9 Å². The number of rotatable bonds is 10. The molecule has 2 rings (SSSR count). The van der Waals surface area contributed by atoms with Gasteiger partial charge in [0.1, 0.15) is 5.75 Å². The summed E-state index contributed by atoms with van der Waals surface area (Å²) < 4.78 is 6.11. The van der Waals surface area contributed by atoms with Crippen LogP contribution in [0.25, 0.3) is 0 Å². The lowest BCUT2D eigenvalue weighted by Gasteiger charge is -2.23. The van der Waals surface area contributed by atoms with E-state index in [1.54, 1.807) is 30.1 Å². The van der Waals surface area contributed by atoms with Gasteiger partial charge in [-0.3, -0.25) is 9.59 Å². The number of carbonyl (C=O) groups is 3. The third-order valence-corrected chi connectivity index (χ3v) is 5.49. The summed E-state index contributed by atoms with van der Waals surface area (Å²) in [6.45, 7) is 1.94. The Kier molecular flexibility index (Phi) is 8.72. The molecule has 0 aliphatic rings. The molecule has 0 aliphatic carbocycles. The van der Waals surface area contributed by atoms with Gasteiger partial charge in [-0.2, -0.15) is 0 Å². The van der Waals surface area contributed by atoms with Crippen LogP contribution < -0.4 is 4.74 Å². The largest absolute Gasteiger partial charge is 0.482 e. The number of nitrogens with zero attached hydrogens (tertiary/aromatic N) is 1. The minimum absolute atomic E-state index is 0.188. The average Bonchev–Trinajstić information content (AvgIpc) is 2.68. The number of ether oxygens (including phenoxy) is 1. The van der Waals surface area contributed by atoms with E-state index in [-0.39, 0.29) is 12.3 Å². The van der Waals surface area contributed by atoms with E-state index in [4.69, 9.17) is 9.84 Å². The zero-order chi connectivity index (χ0) is 21.4. The van der Waals surface area contributed by atoms with Crippen molar-refractivity contribution in [2.75, 3.05) is 13.7 Å². The number of benzene rings is 2. The Morgan fingerprint density at radius 3 is 2.55 bits per heavy atom. The number of hydrogen-bond acceptors (Lipinski definition) is 5. The predicted octanol–water partition coefficient (Wildman–Crippen LogP) is 3.71. The van der Waals surface area contributed by atoms with E-state index in [0.717, 1.165) is 27.4 Å². The van der Waals surface area contributed by atoms with E-state index in [0.29, 0.717) is 23.5 Å². The van der Waals surface area contributed by atoms with Gasteiger partial charge in [0.25, 0.3) is 0 Å². The number of carboxylic acid groups (broad SMARTS) is 1. The molecule has 0 aliphatic heterocycles. The molecule has 0 heterocycles. The van der Waals surface area contributed by atoms with Crippen molar-refractivity contribution in [3.05, 3.63) is 63.6 Å². The zero-order valence-electron chi connectivity index (χ0n) is 16.1. The van der Waals surface area contributed by atoms with Gasteiger partial charge in [-0.1, -0.05) is 57.5 Å². The van der Waals surface area contributed by atoms with Gasteiger partial charge >= 0.3 is 5.97 Å². The second-order valence-corrected chi connectivity index (χ2v) is 8.49. The second kappa shape index (κ2) is 11.0. The molecule has 8 heteroatoms. The summed E-state index contributed by atoms with van der Waals surface area (Å²) in [6.07, 6.45) is 0.231. The molecule has 0 saturated heterocycles. The highest BCUT2D eigenvalue weighted by Gasteiger charge is 2.25. The summed E-state index contributed by atoms with van der Waals surface area (Å²) >= 11 is 4.28. The predicted molar refractivity (Wildman–Crippen MR) is 117 cm³/mol. The number of carboxylic acids is 1. The lowest BCUT2D eigenvalue weighted by Crippen LogP contribution is -2.35. The number of hydrogen-bond donors (Lipinski definition) is 1. The first-order valence-corrected chi connectivity index (χ1v) is 10.6. The number of carbonyl (C=O) groups excluding carboxylic acids is 2. The highest BCUT2D eigenvalue weighted by Crippen LogP contribution is 2.28. The van der Waals surface area contributed by atoms with Gasteiger partial charge in [0.2, 0.25) is 5.91 Å². The number of aliphatic carboxylic acids is 1. The monoisotopic (exact) mass is 479 g/mol. The van der Waals surface area contributed by atoms with Crippen LogP contribution in [0.15, 0.2) is 46.9 Å². The maximum absolute atomic E-state index is 13.0. The molecular formula is C21H22BrNO5S. The Balaban J connectivity index is 2.17. The van der Waals surface area contributed by atoms with Gasteiger partial charge in [-0.25, -0.2) is 4.79 Å². The van der Waals surface area contributed by atoms with Crippen molar-refractivity contribution in [2.24, 2.45) is 0 Å². The van der Waals surface area contributed by atoms with Gasteiger partial charge in [-0.05, 0) is 42.7 Å². The molecule has 1 atom stereocenters. The van der Waals surface area contributed by atoms with Crippen LogP contribution >= 0.6 is 27.7 Å². The van der Waals surface area contributed by atoms with Crippen LogP contribution in [0.4, 0.5) is 0 Å². The average molecular weight is 480 g/mol. The summed E-state index contributed by atoms with van der Waals surface area (Å²) in [5.74, 6) is -0.903. The van der Waals surface area contributed by atoms with Crippen molar-refractivity contribution < 1.29 is 24.2 Å². The molecule has 0 radical (unpaired) electrons. The fourth-order valence-electron chi connectivity index (χ4n) is 2.74. The molecule has 154 valence electrons. The van der Waals surface area contributed by atoms with Crippen LogP contribution in [-0.4, -0.2) is 46.4 Å². The Hall–Kier alpha value is -2.32. The topological polar surface area (TPSA) is 83.9 Å². The molecule has 0 spiro atoms. The highest BCUT2D eigenvalue weighted by molar-refractivity contribution is 9.10. The fraction of sp³-hybridized carbons (Fsp3) is 0.286. The molecule has 0 bridgehead atoms. The first-order chi connectivity index (χ1) is 13.8. The molecule has 6 nitrogen and oxygen atoms in total. The van der Waals surface area contributed by atoms with E-state index < -0.39 is 17.8 Å². The third-order valence-electron chi connectivity index (χ3n) is 4.19. The Morgan fingerprint density at radius 2 is 1.93 bits per heavy atom. The van der Waals surface area contributed by atoms with Gasteiger partial charge in [0.15, 0.2) is 12.2 Å². The van der Waals surface area contributed by atoms with Crippen LogP contribution in [0.2, 0.25) is 0 Å². The normalized spacial score (nSPS) is 11.6. The van der Waals surface area contributed by atoms with Gasteiger partial charge in [-0.15, -0.1) is 0 Å². The van der Waals surface area contributed by atoms with Gasteiger partial charge in [0, 0.05) is 18.1 Å².